The van der Waals surface area contributed by atoms with Crippen LogP contribution >= 0.6 is 0 Å². The number of benzene rings is 1. The summed E-state index contributed by atoms with van der Waals surface area (Å²) in [6.45, 7) is 0. The van der Waals surface area contributed by atoms with E-state index in [1.807, 2.05) is 36.4 Å². The summed E-state index contributed by atoms with van der Waals surface area (Å²) in [6, 6.07) is 9.90. The molecule has 0 fully saturated rings. The van der Waals surface area contributed by atoms with Gasteiger partial charge in [0.15, 0.2) is 5.82 Å². The number of aromatic nitrogens is 2. The second-order valence-electron chi connectivity index (χ2n) is 3.00. The molecule has 0 atom stereocenters. The van der Waals surface area contributed by atoms with Crippen molar-refractivity contribution in [2.45, 2.75) is 6.32 Å². The van der Waals surface area contributed by atoms with Crippen LogP contribution < -0.4 is 0 Å². The lowest BCUT2D eigenvalue weighted by Gasteiger charge is -1.88. The van der Waals surface area contributed by atoms with Crippen LogP contribution in [0.2, 0.25) is 0 Å². The fraction of sp³-hybridized carbons (Fsp3) is 0.0909. The van der Waals surface area contributed by atoms with Crippen molar-refractivity contribution in [3.05, 3.63) is 47.6 Å². The molecule has 0 aliphatic heterocycles. The third kappa shape index (κ3) is 2.56. The minimum absolute atomic E-state index is 0.294. The number of hydrogen-bond donors (Lipinski definition) is 0. The van der Waals surface area contributed by atoms with Crippen molar-refractivity contribution < 1.29 is 4.52 Å². The molecule has 1 aromatic heterocycles. The van der Waals surface area contributed by atoms with Gasteiger partial charge in [0.25, 0.3) is 5.89 Å². The number of rotatable bonds is 3. The highest BCUT2D eigenvalue weighted by Crippen LogP contribution is 2.06. The van der Waals surface area contributed by atoms with Gasteiger partial charge in [-0.3, -0.25) is 0 Å². The third-order valence-electron chi connectivity index (χ3n) is 1.88. The summed E-state index contributed by atoms with van der Waals surface area (Å²) in [5, 5.41) is 3.68. The second-order valence-corrected chi connectivity index (χ2v) is 3.00. The summed E-state index contributed by atoms with van der Waals surface area (Å²) in [7, 11) is 5.36. The molecular weight excluding hydrogens is 187 g/mol. The van der Waals surface area contributed by atoms with E-state index in [4.69, 9.17) is 12.4 Å². The maximum Gasteiger partial charge on any atom is 0.250 e. The molecule has 0 bridgehead atoms. The summed E-state index contributed by atoms with van der Waals surface area (Å²) in [5.41, 5.74) is 1.09. The van der Waals surface area contributed by atoms with Crippen LogP contribution in [0.3, 0.4) is 0 Å². The van der Waals surface area contributed by atoms with Gasteiger partial charge in [-0.25, -0.2) is 0 Å². The maximum absolute atomic E-state index is 5.36. The molecule has 1 heterocycles. The largest absolute Gasteiger partial charge is 0.335 e. The van der Waals surface area contributed by atoms with Gasteiger partial charge in [-0.05, 0) is 18.0 Å². The van der Waals surface area contributed by atoms with E-state index in [0.29, 0.717) is 18.0 Å². The fourth-order valence-corrected chi connectivity index (χ4v) is 1.15. The summed E-state index contributed by atoms with van der Waals surface area (Å²) < 4.78 is 4.95. The van der Waals surface area contributed by atoms with Gasteiger partial charge in [0, 0.05) is 6.08 Å². The van der Waals surface area contributed by atoms with Gasteiger partial charge >= 0.3 is 0 Å². The lowest BCUT2D eigenvalue weighted by atomic mass is 10.1. The van der Waals surface area contributed by atoms with Crippen LogP contribution in [0.1, 0.15) is 17.3 Å². The zero-order valence-corrected chi connectivity index (χ0v) is 8.13. The van der Waals surface area contributed by atoms with E-state index in [2.05, 4.69) is 10.1 Å². The van der Waals surface area contributed by atoms with E-state index in [0.717, 1.165) is 5.56 Å². The minimum atomic E-state index is 0.294. The van der Waals surface area contributed by atoms with Crippen molar-refractivity contribution in [2.75, 3.05) is 0 Å². The molecule has 0 amide bonds. The zero-order chi connectivity index (χ0) is 10.5. The van der Waals surface area contributed by atoms with Crippen LogP contribution in [0.15, 0.2) is 34.9 Å². The predicted molar refractivity (Wildman–Crippen MR) is 59.1 cm³/mol. The summed E-state index contributed by atoms with van der Waals surface area (Å²) in [5.74, 6) is 0.988. The standard InChI is InChI=1S/C11H9BN2O/c12-8-10-13-11(15-14-10)7-6-9-4-2-1-3-5-9/h1-7H,8H2/b7-6+. The Hall–Kier alpha value is -1.84. The Morgan fingerprint density at radius 2 is 2.00 bits per heavy atom. The number of nitrogens with zero attached hydrogens (tertiary/aromatic N) is 2. The van der Waals surface area contributed by atoms with Gasteiger partial charge in [-0.2, -0.15) is 4.98 Å². The normalized spacial score (nSPS) is 10.9. The Bertz CT molecular complexity index is 451. The molecule has 0 saturated heterocycles. The molecule has 2 rings (SSSR count). The van der Waals surface area contributed by atoms with Crippen molar-refractivity contribution in [2.24, 2.45) is 0 Å². The highest BCUT2D eigenvalue weighted by Gasteiger charge is 1.98. The first kappa shape index (κ1) is 9.71. The molecule has 2 radical (unpaired) electrons. The van der Waals surface area contributed by atoms with Crippen molar-refractivity contribution in [1.82, 2.24) is 10.1 Å². The first-order valence-electron chi connectivity index (χ1n) is 4.64. The third-order valence-corrected chi connectivity index (χ3v) is 1.88. The molecular formula is C11H9BN2O. The van der Waals surface area contributed by atoms with Gasteiger partial charge in [0.05, 0.1) is 7.85 Å². The lowest BCUT2D eigenvalue weighted by molar-refractivity contribution is 0.405. The maximum atomic E-state index is 5.36. The molecule has 0 unspecified atom stereocenters. The molecule has 1 aromatic carbocycles. The van der Waals surface area contributed by atoms with Crippen LogP contribution in [0, 0.1) is 0 Å². The van der Waals surface area contributed by atoms with Crippen LogP contribution in [0.4, 0.5) is 0 Å². The quantitative estimate of drug-likeness (QED) is 0.703. The highest BCUT2D eigenvalue weighted by atomic mass is 16.5. The molecule has 0 N–H and O–H groups in total. The minimum Gasteiger partial charge on any atom is -0.335 e. The molecule has 15 heavy (non-hydrogen) atoms. The first-order valence-corrected chi connectivity index (χ1v) is 4.64. The van der Waals surface area contributed by atoms with Crippen molar-refractivity contribution >= 4 is 20.0 Å². The topological polar surface area (TPSA) is 38.9 Å². The van der Waals surface area contributed by atoms with Crippen LogP contribution in [-0.2, 0) is 6.32 Å². The van der Waals surface area contributed by atoms with Gasteiger partial charge < -0.3 is 4.52 Å². The SMILES string of the molecule is [B]Cc1noc(/C=C/c2ccccc2)n1. The molecule has 0 spiro atoms. The Morgan fingerprint density at radius 3 is 2.67 bits per heavy atom. The fourth-order valence-electron chi connectivity index (χ4n) is 1.15. The molecule has 0 aliphatic rings. The Morgan fingerprint density at radius 1 is 1.20 bits per heavy atom. The van der Waals surface area contributed by atoms with Gasteiger partial charge in [-0.1, -0.05) is 35.5 Å². The van der Waals surface area contributed by atoms with E-state index in [1.165, 1.54) is 0 Å². The Balaban J connectivity index is 2.11. The van der Waals surface area contributed by atoms with E-state index in [9.17, 15) is 0 Å². The van der Waals surface area contributed by atoms with E-state index in [1.54, 1.807) is 6.08 Å². The Labute approximate surface area is 89.2 Å². The van der Waals surface area contributed by atoms with Crippen LogP contribution in [-0.4, -0.2) is 18.0 Å². The summed E-state index contributed by atoms with van der Waals surface area (Å²) in [6.07, 6.45) is 3.97. The van der Waals surface area contributed by atoms with Crippen molar-refractivity contribution in [1.29, 1.82) is 0 Å². The Kier molecular flexibility index (Phi) is 2.97. The molecule has 3 nitrogen and oxygen atoms in total. The highest BCUT2D eigenvalue weighted by molar-refractivity contribution is 6.07. The molecule has 0 aliphatic carbocycles. The summed E-state index contributed by atoms with van der Waals surface area (Å²) >= 11 is 0. The first-order chi connectivity index (χ1) is 7.38. The van der Waals surface area contributed by atoms with Gasteiger partial charge in [-0.15, -0.1) is 0 Å². The second kappa shape index (κ2) is 4.60. The zero-order valence-electron chi connectivity index (χ0n) is 8.13. The molecule has 2 aromatic rings. The lowest BCUT2D eigenvalue weighted by Crippen LogP contribution is -1.84. The van der Waals surface area contributed by atoms with Crippen molar-refractivity contribution in [3.63, 3.8) is 0 Å². The molecule has 4 heteroatoms. The monoisotopic (exact) mass is 196 g/mol. The van der Waals surface area contributed by atoms with Crippen molar-refractivity contribution in [3.8, 4) is 0 Å². The van der Waals surface area contributed by atoms with E-state index in [-0.39, 0.29) is 0 Å². The van der Waals surface area contributed by atoms with Gasteiger partial charge in [0.1, 0.15) is 0 Å². The van der Waals surface area contributed by atoms with Gasteiger partial charge in [0.2, 0.25) is 0 Å². The summed E-state index contributed by atoms with van der Waals surface area (Å²) in [4.78, 5) is 4.05. The average Bonchev–Trinajstić information content (AvgIpc) is 2.76. The average molecular weight is 196 g/mol. The van der Waals surface area contributed by atoms with Crippen LogP contribution in [0.5, 0.6) is 0 Å². The smallest absolute Gasteiger partial charge is 0.250 e. The molecule has 0 saturated carbocycles. The number of hydrogen-bond acceptors (Lipinski definition) is 3. The van der Waals surface area contributed by atoms with E-state index >= 15 is 0 Å². The van der Waals surface area contributed by atoms with E-state index < -0.39 is 0 Å². The van der Waals surface area contributed by atoms with Crippen LogP contribution in [0.25, 0.3) is 12.2 Å². The predicted octanol–water partition coefficient (Wildman–Crippen LogP) is 1.91. The molecule has 72 valence electrons.